The van der Waals surface area contributed by atoms with E-state index in [2.05, 4.69) is 20.5 Å². The average molecular weight is 248 g/mol. The van der Waals surface area contributed by atoms with E-state index in [0.717, 1.165) is 24.6 Å². The van der Waals surface area contributed by atoms with Crippen LogP contribution in [0.5, 0.6) is 0 Å². The van der Waals surface area contributed by atoms with Gasteiger partial charge in [0, 0.05) is 19.1 Å². The summed E-state index contributed by atoms with van der Waals surface area (Å²) >= 11 is 0. The van der Waals surface area contributed by atoms with E-state index in [1.54, 1.807) is 6.20 Å². The molecule has 2 N–H and O–H groups in total. The lowest BCUT2D eigenvalue weighted by atomic mass is 10.4. The molecule has 0 bridgehead atoms. The number of amides is 2. The molecular weight excluding hydrogens is 228 g/mol. The second-order valence-corrected chi connectivity index (χ2v) is 4.85. The van der Waals surface area contributed by atoms with Crippen LogP contribution in [0.1, 0.15) is 26.7 Å². The average Bonchev–Trinajstić information content (AvgIpc) is 2.82. The van der Waals surface area contributed by atoms with Crippen LogP contribution in [0.3, 0.4) is 0 Å². The molecule has 1 saturated heterocycles. The first-order valence-corrected chi connectivity index (χ1v) is 6.43. The molecule has 0 radical (unpaired) electrons. The molecule has 1 aliphatic heterocycles. The molecule has 2 rings (SSSR count). The Bertz CT molecular complexity index is 396. The van der Waals surface area contributed by atoms with E-state index in [9.17, 15) is 4.79 Å². The Morgan fingerprint density at radius 3 is 2.61 bits per heavy atom. The van der Waals surface area contributed by atoms with Crippen LogP contribution in [-0.4, -0.2) is 30.1 Å². The molecule has 0 spiro atoms. The van der Waals surface area contributed by atoms with E-state index in [1.165, 1.54) is 12.8 Å². The van der Waals surface area contributed by atoms with Gasteiger partial charge in [-0.1, -0.05) is 0 Å². The van der Waals surface area contributed by atoms with Crippen LogP contribution in [0, 0.1) is 0 Å². The lowest BCUT2D eigenvalue weighted by Gasteiger charge is -2.16. The number of hydrogen-bond acceptors (Lipinski definition) is 3. The van der Waals surface area contributed by atoms with Gasteiger partial charge in [0.15, 0.2) is 0 Å². The minimum Gasteiger partial charge on any atom is -0.357 e. The van der Waals surface area contributed by atoms with E-state index in [0.29, 0.717) is 0 Å². The molecule has 2 heterocycles. The number of carbonyl (C=O) groups excluding carboxylic acids is 1. The molecule has 0 unspecified atom stereocenters. The maximum absolute atomic E-state index is 11.5. The standard InChI is InChI=1S/C13H20N4O/c1-10(2)15-13(18)16-11-5-6-12(14-9-11)17-7-3-4-8-17/h5-6,9-10H,3-4,7-8H2,1-2H3,(H2,15,16,18). The smallest absolute Gasteiger partial charge is 0.319 e. The molecule has 1 fully saturated rings. The second kappa shape index (κ2) is 5.71. The van der Waals surface area contributed by atoms with Crippen molar-refractivity contribution >= 4 is 17.5 Å². The lowest BCUT2D eigenvalue weighted by molar-refractivity contribution is 0.250. The molecule has 0 aliphatic carbocycles. The third-order valence-corrected chi connectivity index (χ3v) is 2.86. The number of hydrogen-bond donors (Lipinski definition) is 2. The number of aromatic nitrogens is 1. The van der Waals surface area contributed by atoms with E-state index in [1.807, 2.05) is 26.0 Å². The zero-order chi connectivity index (χ0) is 13.0. The molecule has 2 amide bonds. The highest BCUT2D eigenvalue weighted by Crippen LogP contribution is 2.18. The van der Waals surface area contributed by atoms with Crippen LogP contribution >= 0.6 is 0 Å². The van der Waals surface area contributed by atoms with E-state index < -0.39 is 0 Å². The molecule has 0 atom stereocenters. The fraction of sp³-hybridized carbons (Fsp3) is 0.538. The van der Waals surface area contributed by atoms with Crippen molar-refractivity contribution in [2.75, 3.05) is 23.3 Å². The summed E-state index contributed by atoms with van der Waals surface area (Å²) in [5, 5.41) is 5.53. The predicted octanol–water partition coefficient (Wildman–Crippen LogP) is 2.21. The molecule has 98 valence electrons. The quantitative estimate of drug-likeness (QED) is 0.862. The Balaban J connectivity index is 1.93. The maximum atomic E-state index is 11.5. The van der Waals surface area contributed by atoms with Crippen molar-refractivity contribution in [3.63, 3.8) is 0 Å². The molecule has 0 saturated carbocycles. The van der Waals surface area contributed by atoms with Gasteiger partial charge in [0.1, 0.15) is 5.82 Å². The highest BCUT2D eigenvalue weighted by molar-refractivity contribution is 5.89. The van der Waals surface area contributed by atoms with Gasteiger partial charge in [-0.05, 0) is 38.8 Å². The second-order valence-electron chi connectivity index (χ2n) is 4.85. The van der Waals surface area contributed by atoms with Gasteiger partial charge in [-0.3, -0.25) is 0 Å². The largest absolute Gasteiger partial charge is 0.357 e. The van der Waals surface area contributed by atoms with Crippen molar-refractivity contribution in [2.45, 2.75) is 32.7 Å². The van der Waals surface area contributed by atoms with E-state index >= 15 is 0 Å². The van der Waals surface area contributed by atoms with Gasteiger partial charge in [-0.2, -0.15) is 0 Å². The van der Waals surface area contributed by atoms with Crippen molar-refractivity contribution in [1.82, 2.24) is 10.3 Å². The monoisotopic (exact) mass is 248 g/mol. The van der Waals surface area contributed by atoms with Crippen LogP contribution in [0.4, 0.5) is 16.3 Å². The first-order chi connectivity index (χ1) is 8.65. The third kappa shape index (κ3) is 3.35. The topological polar surface area (TPSA) is 57.3 Å². The molecule has 18 heavy (non-hydrogen) atoms. The number of rotatable bonds is 3. The van der Waals surface area contributed by atoms with Gasteiger partial charge < -0.3 is 15.5 Å². The van der Waals surface area contributed by atoms with E-state index in [4.69, 9.17) is 0 Å². The molecule has 1 aromatic rings. The zero-order valence-corrected chi connectivity index (χ0v) is 10.9. The van der Waals surface area contributed by atoms with Gasteiger partial charge in [-0.25, -0.2) is 9.78 Å². The van der Waals surface area contributed by atoms with Gasteiger partial charge in [0.05, 0.1) is 11.9 Å². The summed E-state index contributed by atoms with van der Waals surface area (Å²) in [7, 11) is 0. The molecule has 5 heteroatoms. The summed E-state index contributed by atoms with van der Waals surface area (Å²) in [5.41, 5.74) is 0.719. The number of nitrogens with zero attached hydrogens (tertiary/aromatic N) is 2. The fourth-order valence-corrected chi connectivity index (χ4v) is 2.02. The number of nitrogens with one attached hydrogen (secondary N) is 2. The molecular formula is C13H20N4O. The summed E-state index contributed by atoms with van der Waals surface area (Å²) in [6.45, 7) is 6.00. The summed E-state index contributed by atoms with van der Waals surface area (Å²) in [6.07, 6.45) is 4.17. The molecule has 5 nitrogen and oxygen atoms in total. The van der Waals surface area contributed by atoms with Crippen LogP contribution in [-0.2, 0) is 0 Å². The number of carbonyl (C=O) groups is 1. The van der Waals surface area contributed by atoms with Crippen molar-refractivity contribution in [3.8, 4) is 0 Å². The van der Waals surface area contributed by atoms with Gasteiger partial charge in [0.25, 0.3) is 0 Å². The molecule has 1 aromatic heterocycles. The highest BCUT2D eigenvalue weighted by atomic mass is 16.2. The Hall–Kier alpha value is -1.78. The minimum absolute atomic E-state index is 0.127. The predicted molar refractivity (Wildman–Crippen MR) is 73.0 cm³/mol. The molecule has 1 aliphatic rings. The first kappa shape index (κ1) is 12.7. The number of pyridine rings is 1. The minimum atomic E-state index is -0.194. The van der Waals surface area contributed by atoms with Gasteiger partial charge in [0.2, 0.25) is 0 Å². The summed E-state index contributed by atoms with van der Waals surface area (Å²) in [6, 6.07) is 3.78. The number of anilines is 2. The maximum Gasteiger partial charge on any atom is 0.319 e. The lowest BCUT2D eigenvalue weighted by Crippen LogP contribution is -2.34. The Morgan fingerprint density at radius 1 is 1.33 bits per heavy atom. The van der Waals surface area contributed by atoms with Crippen LogP contribution in [0.25, 0.3) is 0 Å². The first-order valence-electron chi connectivity index (χ1n) is 6.43. The van der Waals surface area contributed by atoms with Crippen LogP contribution < -0.4 is 15.5 Å². The summed E-state index contributed by atoms with van der Waals surface area (Å²) in [5.74, 6) is 0.988. The van der Waals surface area contributed by atoms with Crippen molar-refractivity contribution < 1.29 is 4.79 Å². The van der Waals surface area contributed by atoms with Gasteiger partial charge >= 0.3 is 6.03 Å². The molecule has 0 aromatic carbocycles. The third-order valence-electron chi connectivity index (χ3n) is 2.86. The number of urea groups is 1. The summed E-state index contributed by atoms with van der Waals surface area (Å²) < 4.78 is 0. The van der Waals surface area contributed by atoms with Crippen LogP contribution in [0.2, 0.25) is 0 Å². The highest BCUT2D eigenvalue weighted by Gasteiger charge is 2.13. The SMILES string of the molecule is CC(C)NC(=O)Nc1ccc(N2CCCC2)nc1. The van der Waals surface area contributed by atoms with Crippen molar-refractivity contribution in [2.24, 2.45) is 0 Å². The Labute approximate surface area is 108 Å². The fourth-order valence-electron chi connectivity index (χ4n) is 2.02. The van der Waals surface area contributed by atoms with Crippen molar-refractivity contribution in [3.05, 3.63) is 18.3 Å². The van der Waals surface area contributed by atoms with Gasteiger partial charge in [-0.15, -0.1) is 0 Å². The van der Waals surface area contributed by atoms with E-state index in [-0.39, 0.29) is 12.1 Å². The zero-order valence-electron chi connectivity index (χ0n) is 10.9. The summed E-state index contributed by atoms with van der Waals surface area (Å²) in [4.78, 5) is 18.1. The Morgan fingerprint density at radius 2 is 2.06 bits per heavy atom. The Kier molecular flexibility index (Phi) is 4.02. The van der Waals surface area contributed by atoms with Crippen molar-refractivity contribution in [1.29, 1.82) is 0 Å². The van der Waals surface area contributed by atoms with Crippen LogP contribution in [0.15, 0.2) is 18.3 Å². The normalized spacial score (nSPS) is 14.9.